The van der Waals surface area contributed by atoms with Crippen LogP contribution >= 0.6 is 0 Å². The van der Waals surface area contributed by atoms with Crippen LogP contribution in [0, 0.1) is 0 Å². The van der Waals surface area contributed by atoms with Crippen molar-refractivity contribution in [3.05, 3.63) is 47.7 Å². The maximum Gasteiger partial charge on any atom is 0.241 e. The molecule has 0 spiro atoms. The fourth-order valence-electron chi connectivity index (χ4n) is 1.67. The fraction of sp³-hybridized carbons (Fsp3) is 0.400. The van der Waals surface area contributed by atoms with Crippen molar-refractivity contribution in [2.75, 3.05) is 0 Å². The number of hydrogen-bond donors (Lipinski definition) is 0. The summed E-state index contributed by atoms with van der Waals surface area (Å²) in [5.41, 5.74) is 1.97. The minimum absolute atomic E-state index is 0.105. The quantitative estimate of drug-likeness (QED) is 0.436. The molecule has 0 saturated carbocycles. The van der Waals surface area contributed by atoms with Gasteiger partial charge in [0, 0.05) is 12.0 Å². The van der Waals surface area contributed by atoms with E-state index in [-0.39, 0.29) is 5.78 Å². The van der Waals surface area contributed by atoms with Gasteiger partial charge in [-0.05, 0) is 38.5 Å². The zero-order valence-corrected chi connectivity index (χ0v) is 12.7. The summed E-state index contributed by atoms with van der Waals surface area (Å²) in [7, 11) is -1.53. The highest BCUT2D eigenvalue weighted by Crippen LogP contribution is 2.15. The molecule has 0 aliphatic heterocycles. The molecular weight excluding hydrogens is 240 g/mol. The Hall–Kier alpha value is -1.35. The van der Waals surface area contributed by atoms with E-state index >= 15 is 0 Å². The van der Waals surface area contributed by atoms with E-state index in [4.69, 9.17) is 4.43 Å². The molecular formula is C15H22O2Si. The van der Waals surface area contributed by atoms with Gasteiger partial charge in [0.15, 0.2) is 5.78 Å². The largest absolute Gasteiger partial charge is 0.548 e. The van der Waals surface area contributed by atoms with Gasteiger partial charge in [-0.15, -0.1) is 0 Å². The molecule has 0 unspecified atom stereocenters. The number of benzene rings is 1. The summed E-state index contributed by atoms with van der Waals surface area (Å²) in [4.78, 5) is 11.1. The minimum atomic E-state index is -1.53. The van der Waals surface area contributed by atoms with E-state index in [2.05, 4.69) is 26.2 Å². The molecule has 0 fully saturated rings. The first-order valence-corrected chi connectivity index (χ1v) is 9.65. The molecule has 1 aromatic rings. The molecule has 0 heterocycles. The van der Waals surface area contributed by atoms with Crippen molar-refractivity contribution < 1.29 is 9.22 Å². The van der Waals surface area contributed by atoms with Crippen LogP contribution in [0.25, 0.3) is 0 Å². The van der Waals surface area contributed by atoms with Gasteiger partial charge in [-0.3, -0.25) is 4.79 Å². The third-order valence-corrected chi connectivity index (χ3v) is 3.40. The number of hydrogen-bond acceptors (Lipinski definition) is 2. The lowest BCUT2D eigenvalue weighted by Gasteiger charge is -2.20. The van der Waals surface area contributed by atoms with Crippen molar-refractivity contribution in [2.45, 2.75) is 39.4 Å². The lowest BCUT2D eigenvalue weighted by atomic mass is 10.1. The van der Waals surface area contributed by atoms with Gasteiger partial charge in [0.05, 0.1) is 5.76 Å². The predicted molar refractivity (Wildman–Crippen MR) is 78.3 cm³/mol. The van der Waals surface area contributed by atoms with E-state index in [1.54, 1.807) is 6.92 Å². The van der Waals surface area contributed by atoms with E-state index < -0.39 is 8.32 Å². The summed E-state index contributed by atoms with van der Waals surface area (Å²) < 4.78 is 5.81. The van der Waals surface area contributed by atoms with Crippen LogP contribution in [0.5, 0.6) is 0 Å². The third-order valence-electron chi connectivity index (χ3n) is 2.50. The van der Waals surface area contributed by atoms with Gasteiger partial charge >= 0.3 is 0 Å². The number of carbonyl (C=O) groups is 1. The SMILES string of the molecule is C=C(CCc1ccc(C(C)=O)cc1)O[Si](C)(C)C. The minimum Gasteiger partial charge on any atom is -0.548 e. The van der Waals surface area contributed by atoms with Crippen molar-refractivity contribution in [1.29, 1.82) is 0 Å². The molecule has 0 aromatic heterocycles. The van der Waals surface area contributed by atoms with Crippen LogP contribution in [0.3, 0.4) is 0 Å². The van der Waals surface area contributed by atoms with Gasteiger partial charge in [0.25, 0.3) is 0 Å². The standard InChI is InChI=1S/C15H22O2Si/c1-12(17-18(3,4)5)6-7-14-8-10-15(11-9-14)13(2)16/h8-11H,1,6-7H2,2-5H3. The summed E-state index contributed by atoms with van der Waals surface area (Å²) in [5, 5.41) is 0. The zero-order chi connectivity index (χ0) is 13.8. The molecule has 0 amide bonds. The zero-order valence-electron chi connectivity index (χ0n) is 11.7. The van der Waals surface area contributed by atoms with Gasteiger partial charge in [-0.2, -0.15) is 0 Å². The number of aryl methyl sites for hydroxylation is 1. The lowest BCUT2D eigenvalue weighted by molar-refractivity contribution is 0.101. The first kappa shape index (κ1) is 14.7. The normalized spacial score (nSPS) is 11.1. The lowest BCUT2D eigenvalue weighted by Crippen LogP contribution is -2.24. The number of rotatable bonds is 6. The Morgan fingerprint density at radius 3 is 2.22 bits per heavy atom. The molecule has 0 aliphatic carbocycles. The average Bonchev–Trinajstić information content (AvgIpc) is 2.24. The Labute approximate surface area is 111 Å². The van der Waals surface area contributed by atoms with Crippen molar-refractivity contribution in [3.8, 4) is 0 Å². The highest BCUT2D eigenvalue weighted by Gasteiger charge is 2.16. The van der Waals surface area contributed by atoms with Crippen LogP contribution in [0.1, 0.15) is 29.3 Å². The maximum absolute atomic E-state index is 11.1. The number of carbonyl (C=O) groups excluding carboxylic acids is 1. The van der Waals surface area contributed by atoms with Crippen LogP contribution in [-0.2, 0) is 10.8 Å². The molecule has 0 N–H and O–H groups in total. The van der Waals surface area contributed by atoms with Crippen LogP contribution < -0.4 is 0 Å². The molecule has 2 nitrogen and oxygen atoms in total. The molecule has 0 radical (unpaired) electrons. The van der Waals surface area contributed by atoms with Crippen LogP contribution in [0.15, 0.2) is 36.6 Å². The highest BCUT2D eigenvalue weighted by atomic mass is 28.4. The second kappa shape index (κ2) is 6.00. The first-order chi connectivity index (χ1) is 8.28. The maximum atomic E-state index is 11.1. The number of Topliss-reactive ketones (excluding diaryl/α,β-unsaturated/α-hetero) is 1. The summed E-state index contributed by atoms with van der Waals surface area (Å²) in [6.07, 6.45) is 1.74. The van der Waals surface area contributed by atoms with Gasteiger partial charge in [-0.1, -0.05) is 30.8 Å². The molecule has 1 rings (SSSR count). The summed E-state index contributed by atoms with van der Waals surface area (Å²) in [5.74, 6) is 0.970. The monoisotopic (exact) mass is 262 g/mol. The van der Waals surface area contributed by atoms with Gasteiger partial charge in [0.1, 0.15) is 0 Å². The molecule has 18 heavy (non-hydrogen) atoms. The Bertz CT molecular complexity index is 427. The van der Waals surface area contributed by atoms with E-state index in [0.29, 0.717) is 0 Å². The Morgan fingerprint density at radius 1 is 1.22 bits per heavy atom. The molecule has 3 heteroatoms. The predicted octanol–water partition coefficient (Wildman–Crippen LogP) is 4.19. The number of ketones is 1. The summed E-state index contributed by atoms with van der Waals surface area (Å²) in [6, 6.07) is 7.75. The van der Waals surface area contributed by atoms with E-state index in [9.17, 15) is 4.79 Å². The van der Waals surface area contributed by atoms with Crippen LogP contribution in [-0.4, -0.2) is 14.1 Å². The van der Waals surface area contributed by atoms with Crippen molar-refractivity contribution in [3.63, 3.8) is 0 Å². The molecule has 0 atom stereocenters. The molecule has 0 bridgehead atoms. The van der Waals surface area contributed by atoms with Crippen molar-refractivity contribution >= 4 is 14.1 Å². The second-order valence-corrected chi connectivity index (χ2v) is 9.94. The summed E-state index contributed by atoms with van der Waals surface area (Å²) in [6.45, 7) is 12.0. The Morgan fingerprint density at radius 2 is 1.78 bits per heavy atom. The van der Waals surface area contributed by atoms with Gasteiger partial charge < -0.3 is 4.43 Å². The van der Waals surface area contributed by atoms with Crippen molar-refractivity contribution in [2.24, 2.45) is 0 Å². The van der Waals surface area contributed by atoms with E-state index in [1.807, 2.05) is 24.3 Å². The van der Waals surface area contributed by atoms with Crippen LogP contribution in [0.2, 0.25) is 19.6 Å². The smallest absolute Gasteiger partial charge is 0.241 e. The molecule has 98 valence electrons. The molecule has 1 aromatic carbocycles. The molecule has 0 saturated heterocycles. The highest BCUT2D eigenvalue weighted by molar-refractivity contribution is 6.70. The van der Waals surface area contributed by atoms with E-state index in [1.165, 1.54) is 5.56 Å². The second-order valence-electron chi connectivity index (χ2n) is 5.51. The topological polar surface area (TPSA) is 26.3 Å². The Balaban J connectivity index is 2.49. The average molecular weight is 262 g/mol. The van der Waals surface area contributed by atoms with Crippen molar-refractivity contribution in [1.82, 2.24) is 0 Å². The fourth-order valence-corrected chi connectivity index (χ4v) is 2.64. The van der Waals surface area contributed by atoms with Gasteiger partial charge in [0.2, 0.25) is 8.32 Å². The first-order valence-electron chi connectivity index (χ1n) is 6.24. The van der Waals surface area contributed by atoms with E-state index in [0.717, 1.165) is 24.2 Å². The van der Waals surface area contributed by atoms with Gasteiger partial charge in [-0.25, -0.2) is 0 Å². The third kappa shape index (κ3) is 5.32. The number of allylic oxidation sites excluding steroid dienone is 1. The Kier molecular flexibility index (Phi) is 4.90. The molecule has 0 aliphatic rings. The summed E-state index contributed by atoms with van der Waals surface area (Å²) >= 11 is 0. The van der Waals surface area contributed by atoms with Crippen LogP contribution in [0.4, 0.5) is 0 Å².